The minimum absolute atomic E-state index is 0.290. The molecule has 0 bridgehead atoms. The molecule has 4 aromatic rings. The molecule has 0 saturated carbocycles. The fourth-order valence-corrected chi connectivity index (χ4v) is 3.68. The number of thiophene rings is 1. The van der Waals surface area contributed by atoms with E-state index in [-0.39, 0.29) is 5.63 Å². The normalized spacial score (nSPS) is 11.1. The average molecular weight is 332 g/mol. The quantitative estimate of drug-likeness (QED) is 0.434. The lowest BCUT2D eigenvalue weighted by molar-refractivity contribution is 0.563. The third kappa shape index (κ3) is 2.68. The molecule has 0 unspecified atom stereocenters. The van der Waals surface area contributed by atoms with E-state index in [1.165, 1.54) is 5.56 Å². The zero-order valence-electron chi connectivity index (χ0n) is 13.5. The van der Waals surface area contributed by atoms with Crippen LogP contribution in [0.2, 0.25) is 0 Å². The Bertz CT molecular complexity index is 1080. The van der Waals surface area contributed by atoms with Crippen molar-refractivity contribution in [3.05, 3.63) is 81.5 Å². The molecule has 0 spiro atoms. The van der Waals surface area contributed by atoms with Crippen LogP contribution < -0.4 is 5.63 Å². The molecule has 24 heavy (non-hydrogen) atoms. The summed E-state index contributed by atoms with van der Waals surface area (Å²) >= 11 is 1.64. The van der Waals surface area contributed by atoms with Gasteiger partial charge in [0.1, 0.15) is 5.58 Å². The molecule has 0 fully saturated rings. The molecular formula is C21H16O2S. The Balaban J connectivity index is 1.80. The SMILES string of the molecule is Cc1ccc(-c2cc(-c3cc4ccc(C)cc4oc3=O)cs2)cc1. The van der Waals surface area contributed by atoms with Crippen molar-refractivity contribution in [1.82, 2.24) is 0 Å². The minimum Gasteiger partial charge on any atom is -0.422 e. The molecule has 0 aliphatic carbocycles. The van der Waals surface area contributed by atoms with Gasteiger partial charge in [0.25, 0.3) is 0 Å². The van der Waals surface area contributed by atoms with E-state index in [1.807, 2.05) is 36.6 Å². The lowest BCUT2D eigenvalue weighted by Crippen LogP contribution is -2.01. The van der Waals surface area contributed by atoms with Crippen molar-refractivity contribution < 1.29 is 4.42 Å². The molecule has 2 aromatic carbocycles. The van der Waals surface area contributed by atoms with E-state index >= 15 is 0 Å². The summed E-state index contributed by atoms with van der Waals surface area (Å²) in [6, 6.07) is 18.3. The highest BCUT2D eigenvalue weighted by Gasteiger charge is 2.11. The molecule has 0 N–H and O–H groups in total. The van der Waals surface area contributed by atoms with E-state index in [4.69, 9.17) is 4.42 Å². The molecule has 0 amide bonds. The van der Waals surface area contributed by atoms with Gasteiger partial charge in [-0.1, -0.05) is 42.0 Å². The molecule has 2 aromatic heterocycles. The zero-order valence-corrected chi connectivity index (χ0v) is 14.3. The van der Waals surface area contributed by atoms with Gasteiger partial charge in [0.15, 0.2) is 0 Å². The van der Waals surface area contributed by atoms with Crippen molar-refractivity contribution in [2.45, 2.75) is 13.8 Å². The van der Waals surface area contributed by atoms with Crippen LogP contribution in [0.5, 0.6) is 0 Å². The van der Waals surface area contributed by atoms with Crippen LogP contribution in [0.15, 0.2) is 69.2 Å². The number of hydrogen-bond donors (Lipinski definition) is 0. The Morgan fingerprint density at radius 3 is 2.38 bits per heavy atom. The molecule has 3 heteroatoms. The molecule has 118 valence electrons. The van der Waals surface area contributed by atoms with E-state index in [2.05, 4.69) is 37.3 Å². The van der Waals surface area contributed by atoms with E-state index in [0.29, 0.717) is 11.1 Å². The second kappa shape index (κ2) is 5.77. The molecule has 0 saturated heterocycles. The Morgan fingerprint density at radius 2 is 1.58 bits per heavy atom. The number of hydrogen-bond acceptors (Lipinski definition) is 3. The monoisotopic (exact) mass is 332 g/mol. The fourth-order valence-electron chi connectivity index (χ4n) is 2.77. The molecule has 0 aliphatic rings. The van der Waals surface area contributed by atoms with Gasteiger partial charge in [-0.05, 0) is 48.6 Å². The van der Waals surface area contributed by atoms with E-state index in [0.717, 1.165) is 27.0 Å². The maximum Gasteiger partial charge on any atom is 0.344 e. The largest absolute Gasteiger partial charge is 0.422 e. The fraction of sp³-hybridized carbons (Fsp3) is 0.0952. The van der Waals surface area contributed by atoms with Crippen LogP contribution in [0.25, 0.3) is 32.5 Å². The minimum atomic E-state index is -0.290. The Hall–Kier alpha value is -2.65. The van der Waals surface area contributed by atoms with Gasteiger partial charge < -0.3 is 4.42 Å². The molecule has 2 heterocycles. The standard InChI is InChI=1S/C21H16O2S/c1-13-3-6-15(7-4-13)20-11-17(12-24-20)18-10-16-8-5-14(2)9-19(16)23-21(18)22/h3-12H,1-2H3. The van der Waals surface area contributed by atoms with Crippen LogP contribution in [0.3, 0.4) is 0 Å². The molecule has 0 atom stereocenters. The number of aryl methyl sites for hydroxylation is 2. The number of fused-ring (bicyclic) bond motifs is 1. The smallest absolute Gasteiger partial charge is 0.344 e. The second-order valence-electron chi connectivity index (χ2n) is 6.05. The van der Waals surface area contributed by atoms with Gasteiger partial charge in [0, 0.05) is 15.8 Å². The van der Waals surface area contributed by atoms with Crippen LogP contribution in [-0.4, -0.2) is 0 Å². The molecule has 0 aliphatic heterocycles. The van der Waals surface area contributed by atoms with Crippen molar-refractivity contribution in [3.63, 3.8) is 0 Å². The van der Waals surface area contributed by atoms with Crippen LogP contribution in [0.4, 0.5) is 0 Å². The van der Waals surface area contributed by atoms with Gasteiger partial charge in [0.05, 0.1) is 5.56 Å². The number of rotatable bonds is 2. The van der Waals surface area contributed by atoms with Crippen LogP contribution in [0, 0.1) is 13.8 Å². The highest BCUT2D eigenvalue weighted by molar-refractivity contribution is 7.14. The summed E-state index contributed by atoms with van der Waals surface area (Å²) in [6.07, 6.45) is 0. The average Bonchev–Trinajstić information content (AvgIpc) is 3.04. The Morgan fingerprint density at radius 1 is 0.833 bits per heavy atom. The predicted octanol–water partition coefficient (Wildman–Crippen LogP) is 5.81. The van der Waals surface area contributed by atoms with Crippen molar-refractivity contribution >= 4 is 22.3 Å². The molecule has 4 rings (SSSR count). The Kier molecular flexibility index (Phi) is 3.58. The third-order valence-electron chi connectivity index (χ3n) is 4.14. The van der Waals surface area contributed by atoms with Crippen LogP contribution >= 0.6 is 11.3 Å². The summed E-state index contributed by atoms with van der Waals surface area (Å²) in [4.78, 5) is 13.5. The summed E-state index contributed by atoms with van der Waals surface area (Å²) in [5.74, 6) is 0. The van der Waals surface area contributed by atoms with Gasteiger partial charge >= 0.3 is 5.63 Å². The lowest BCUT2D eigenvalue weighted by Gasteiger charge is -2.01. The van der Waals surface area contributed by atoms with E-state index < -0.39 is 0 Å². The van der Waals surface area contributed by atoms with Crippen LogP contribution in [0.1, 0.15) is 11.1 Å². The lowest BCUT2D eigenvalue weighted by atomic mass is 10.1. The summed E-state index contributed by atoms with van der Waals surface area (Å²) in [5.41, 5.74) is 5.35. The summed E-state index contributed by atoms with van der Waals surface area (Å²) in [5, 5.41) is 2.96. The summed E-state index contributed by atoms with van der Waals surface area (Å²) < 4.78 is 5.51. The van der Waals surface area contributed by atoms with Crippen LogP contribution in [-0.2, 0) is 0 Å². The molecule has 2 nitrogen and oxygen atoms in total. The topological polar surface area (TPSA) is 30.2 Å². The number of benzene rings is 2. The van der Waals surface area contributed by atoms with Gasteiger partial charge in [-0.2, -0.15) is 0 Å². The van der Waals surface area contributed by atoms with E-state index in [9.17, 15) is 4.79 Å². The van der Waals surface area contributed by atoms with Gasteiger partial charge in [-0.15, -0.1) is 11.3 Å². The first-order valence-electron chi connectivity index (χ1n) is 7.80. The summed E-state index contributed by atoms with van der Waals surface area (Å²) in [7, 11) is 0. The molecular weight excluding hydrogens is 316 g/mol. The first-order chi connectivity index (χ1) is 11.6. The maximum absolute atomic E-state index is 12.4. The van der Waals surface area contributed by atoms with Gasteiger partial charge in [-0.3, -0.25) is 0 Å². The maximum atomic E-state index is 12.4. The Labute approximate surface area is 144 Å². The van der Waals surface area contributed by atoms with Crippen molar-refractivity contribution in [3.8, 4) is 21.6 Å². The van der Waals surface area contributed by atoms with Gasteiger partial charge in [-0.25, -0.2) is 4.79 Å². The van der Waals surface area contributed by atoms with Crippen molar-refractivity contribution in [1.29, 1.82) is 0 Å². The summed E-state index contributed by atoms with van der Waals surface area (Å²) in [6.45, 7) is 4.06. The van der Waals surface area contributed by atoms with Gasteiger partial charge in [0.2, 0.25) is 0 Å². The first-order valence-corrected chi connectivity index (χ1v) is 8.68. The third-order valence-corrected chi connectivity index (χ3v) is 5.12. The van der Waals surface area contributed by atoms with Crippen molar-refractivity contribution in [2.24, 2.45) is 0 Å². The highest BCUT2D eigenvalue weighted by Crippen LogP contribution is 2.32. The second-order valence-corrected chi connectivity index (χ2v) is 6.97. The highest BCUT2D eigenvalue weighted by atomic mass is 32.1. The first kappa shape index (κ1) is 14.9. The molecule has 0 radical (unpaired) electrons. The van der Waals surface area contributed by atoms with Crippen molar-refractivity contribution in [2.75, 3.05) is 0 Å². The predicted molar refractivity (Wildman–Crippen MR) is 101 cm³/mol. The zero-order chi connectivity index (χ0) is 16.7. The van der Waals surface area contributed by atoms with E-state index in [1.54, 1.807) is 11.3 Å².